The molecule has 0 aliphatic carbocycles. The van der Waals surface area contributed by atoms with Gasteiger partial charge in [-0.1, -0.05) is 269 Å². The summed E-state index contributed by atoms with van der Waals surface area (Å²) in [6, 6.07) is -0.646. The lowest BCUT2D eigenvalue weighted by atomic mass is 10.0. The van der Waals surface area contributed by atoms with Crippen LogP contribution in [-0.2, 0) is 14.3 Å². The second-order valence-corrected chi connectivity index (χ2v) is 20.0. The van der Waals surface area contributed by atoms with E-state index in [0.717, 1.165) is 57.8 Å². The topological polar surface area (TPSA) is 95.9 Å². The number of amides is 1. The first kappa shape index (κ1) is 63.3. The third-order valence-electron chi connectivity index (χ3n) is 13.5. The molecule has 2 unspecified atom stereocenters. The van der Waals surface area contributed by atoms with Crippen molar-refractivity contribution in [3.63, 3.8) is 0 Å². The van der Waals surface area contributed by atoms with Crippen molar-refractivity contribution in [2.24, 2.45) is 0 Å². The summed E-state index contributed by atoms with van der Waals surface area (Å²) >= 11 is 0. The fourth-order valence-electron chi connectivity index (χ4n) is 8.98. The highest BCUT2D eigenvalue weighted by Gasteiger charge is 2.18. The molecule has 0 bridgehead atoms. The maximum absolute atomic E-state index is 12.5. The predicted octanol–water partition coefficient (Wildman–Crippen LogP) is 17.9. The van der Waals surface area contributed by atoms with Crippen molar-refractivity contribution in [2.45, 2.75) is 328 Å². The van der Waals surface area contributed by atoms with Gasteiger partial charge in [0.1, 0.15) is 0 Å². The number of hydrogen-bond acceptors (Lipinski definition) is 5. The van der Waals surface area contributed by atoms with Crippen molar-refractivity contribution in [2.75, 3.05) is 13.2 Å². The lowest BCUT2D eigenvalue weighted by molar-refractivity contribution is -0.143. The Hall–Kier alpha value is -1.66. The van der Waals surface area contributed by atoms with Crippen molar-refractivity contribution in [3.05, 3.63) is 24.3 Å². The van der Waals surface area contributed by atoms with E-state index in [4.69, 9.17) is 4.74 Å². The molecule has 0 saturated carbocycles. The number of ether oxygens (including phenoxy) is 1. The number of nitrogens with one attached hydrogen (secondary N) is 1. The average Bonchev–Trinajstić information content (AvgIpc) is 3.31. The molecule has 0 aliphatic heterocycles. The Morgan fingerprint density at radius 1 is 0.415 bits per heavy atom. The molecule has 6 nitrogen and oxygen atoms in total. The van der Waals surface area contributed by atoms with Crippen molar-refractivity contribution in [1.82, 2.24) is 5.32 Å². The smallest absolute Gasteiger partial charge is 0.305 e. The number of aliphatic hydroxyl groups excluding tert-OH is 2. The van der Waals surface area contributed by atoms with Crippen LogP contribution in [0.4, 0.5) is 0 Å². The molecule has 0 saturated heterocycles. The number of allylic oxidation sites excluding steroid dienone is 3. The van der Waals surface area contributed by atoms with E-state index < -0.39 is 12.1 Å². The number of hydrogen-bond donors (Lipinski definition) is 3. The quantitative estimate of drug-likeness (QED) is 0.0321. The van der Waals surface area contributed by atoms with E-state index in [9.17, 15) is 19.8 Å². The van der Waals surface area contributed by atoms with Crippen LogP contribution < -0.4 is 5.32 Å². The summed E-state index contributed by atoms with van der Waals surface area (Å²) in [5.74, 6) is -0.116. The van der Waals surface area contributed by atoms with Gasteiger partial charge < -0.3 is 20.3 Å². The Labute approximate surface area is 405 Å². The van der Waals surface area contributed by atoms with E-state index in [2.05, 4.69) is 31.3 Å². The van der Waals surface area contributed by atoms with Crippen LogP contribution in [0.25, 0.3) is 0 Å². The zero-order chi connectivity index (χ0) is 47.2. The summed E-state index contributed by atoms with van der Waals surface area (Å²) in [7, 11) is 0. The molecule has 0 aromatic carbocycles. The molecular formula is C59H113NO5. The largest absolute Gasteiger partial charge is 0.466 e. The minimum atomic E-state index is -0.860. The number of unbranched alkanes of at least 4 members (excludes halogenated alkanes) is 41. The maximum atomic E-state index is 12.5. The van der Waals surface area contributed by atoms with E-state index in [1.165, 1.54) is 231 Å². The molecule has 0 radical (unpaired) electrons. The van der Waals surface area contributed by atoms with Crippen LogP contribution in [0.1, 0.15) is 316 Å². The highest BCUT2D eigenvalue weighted by atomic mass is 16.5. The minimum absolute atomic E-state index is 0.0275. The zero-order valence-electron chi connectivity index (χ0n) is 43.7. The van der Waals surface area contributed by atoms with Gasteiger partial charge in [-0.3, -0.25) is 9.59 Å². The summed E-state index contributed by atoms with van der Waals surface area (Å²) in [5, 5.41) is 23.2. The molecule has 2 atom stereocenters. The number of carbonyl (C=O) groups excluding carboxylic acids is 2. The molecule has 0 aromatic heterocycles. The highest BCUT2D eigenvalue weighted by Crippen LogP contribution is 2.17. The Morgan fingerprint density at radius 2 is 0.723 bits per heavy atom. The fraction of sp³-hybridized carbons (Fsp3) is 0.898. The fourth-order valence-corrected chi connectivity index (χ4v) is 8.98. The predicted molar refractivity (Wildman–Crippen MR) is 283 cm³/mol. The minimum Gasteiger partial charge on any atom is -0.466 e. The number of aliphatic hydroxyl groups is 2. The van der Waals surface area contributed by atoms with Gasteiger partial charge in [-0.25, -0.2) is 0 Å². The van der Waals surface area contributed by atoms with Gasteiger partial charge in [-0.2, -0.15) is 0 Å². The van der Waals surface area contributed by atoms with E-state index in [1.54, 1.807) is 6.08 Å². The number of esters is 1. The molecule has 65 heavy (non-hydrogen) atoms. The van der Waals surface area contributed by atoms with Gasteiger partial charge in [0.2, 0.25) is 5.91 Å². The van der Waals surface area contributed by atoms with E-state index in [1.807, 2.05) is 6.08 Å². The SMILES string of the molecule is CCCCCCCCC/C=C\CCCCCCCC(=O)OCCCCCCCCCCCCC(=O)NC(CO)C(O)/C=C/CCCCCCCCCCCCCCCCCCCCCC. The molecule has 0 rings (SSSR count). The van der Waals surface area contributed by atoms with Crippen molar-refractivity contribution < 1.29 is 24.5 Å². The maximum Gasteiger partial charge on any atom is 0.305 e. The lowest BCUT2D eigenvalue weighted by Crippen LogP contribution is -2.45. The molecule has 1 amide bonds. The first-order chi connectivity index (χ1) is 32.0. The molecular weight excluding hydrogens is 803 g/mol. The van der Waals surface area contributed by atoms with Gasteiger partial charge in [0.25, 0.3) is 0 Å². The van der Waals surface area contributed by atoms with E-state index in [0.29, 0.717) is 19.4 Å². The zero-order valence-corrected chi connectivity index (χ0v) is 43.7. The summed E-state index contributed by atoms with van der Waals surface area (Å²) in [6.07, 6.45) is 66.2. The van der Waals surface area contributed by atoms with Gasteiger partial charge in [0, 0.05) is 12.8 Å². The Bertz CT molecular complexity index is 1010. The van der Waals surface area contributed by atoms with Gasteiger partial charge in [-0.05, 0) is 57.8 Å². The van der Waals surface area contributed by atoms with Crippen LogP contribution in [-0.4, -0.2) is 47.4 Å². The summed E-state index contributed by atoms with van der Waals surface area (Å²) in [5.41, 5.74) is 0. The first-order valence-electron chi connectivity index (χ1n) is 29.1. The van der Waals surface area contributed by atoms with E-state index >= 15 is 0 Å². The van der Waals surface area contributed by atoms with Gasteiger partial charge in [0.05, 0.1) is 25.4 Å². The average molecular weight is 917 g/mol. The van der Waals surface area contributed by atoms with Crippen LogP contribution in [0, 0.1) is 0 Å². The lowest BCUT2D eigenvalue weighted by Gasteiger charge is -2.20. The molecule has 384 valence electrons. The van der Waals surface area contributed by atoms with Crippen LogP contribution in [0.2, 0.25) is 0 Å². The molecule has 3 N–H and O–H groups in total. The van der Waals surface area contributed by atoms with Gasteiger partial charge in [0.15, 0.2) is 0 Å². The van der Waals surface area contributed by atoms with Crippen LogP contribution >= 0.6 is 0 Å². The van der Waals surface area contributed by atoms with Crippen LogP contribution in [0.5, 0.6) is 0 Å². The third kappa shape index (κ3) is 51.6. The number of carbonyl (C=O) groups is 2. The van der Waals surface area contributed by atoms with Crippen LogP contribution in [0.3, 0.4) is 0 Å². The summed E-state index contributed by atoms with van der Waals surface area (Å²) in [6.45, 7) is 4.86. The molecule has 0 aliphatic rings. The first-order valence-corrected chi connectivity index (χ1v) is 29.1. The Kier molecular flexibility index (Phi) is 53.5. The standard InChI is InChI=1S/C59H113NO5/c1-3-5-7-9-11-13-15-17-19-21-22-23-24-25-26-27-29-31-35-39-43-47-51-57(62)56(55-61)60-58(63)52-48-44-40-36-33-34-38-42-46-50-54-65-59(64)53-49-45-41-37-32-30-28-20-18-16-14-12-10-8-6-4-2/h20,28,47,51,56-57,61-62H,3-19,21-27,29-46,48-50,52-55H2,1-2H3,(H,60,63)/b28-20-,51-47+. The second kappa shape index (κ2) is 54.9. The third-order valence-corrected chi connectivity index (χ3v) is 13.5. The highest BCUT2D eigenvalue weighted by molar-refractivity contribution is 5.76. The van der Waals surface area contributed by atoms with Crippen molar-refractivity contribution in [1.29, 1.82) is 0 Å². The van der Waals surface area contributed by atoms with Crippen molar-refractivity contribution >= 4 is 11.9 Å². The van der Waals surface area contributed by atoms with Gasteiger partial charge >= 0.3 is 5.97 Å². The monoisotopic (exact) mass is 916 g/mol. The molecule has 0 fully saturated rings. The molecule has 0 spiro atoms. The summed E-state index contributed by atoms with van der Waals surface area (Å²) < 4.78 is 5.46. The Balaban J connectivity index is 3.50. The van der Waals surface area contributed by atoms with Crippen molar-refractivity contribution in [3.8, 4) is 0 Å². The molecule has 0 aromatic rings. The second-order valence-electron chi connectivity index (χ2n) is 20.0. The normalized spacial score (nSPS) is 12.7. The van der Waals surface area contributed by atoms with Gasteiger partial charge in [-0.15, -0.1) is 0 Å². The Morgan fingerprint density at radius 3 is 1.09 bits per heavy atom. The molecule has 0 heterocycles. The number of rotatable bonds is 54. The summed E-state index contributed by atoms with van der Waals surface area (Å²) in [4.78, 5) is 24.5. The van der Waals surface area contributed by atoms with E-state index in [-0.39, 0.29) is 18.5 Å². The molecule has 6 heteroatoms. The van der Waals surface area contributed by atoms with Crippen LogP contribution in [0.15, 0.2) is 24.3 Å².